The number of carbonyl (C=O) groups excluding carboxylic acids is 1. The molecule has 1 N–H and O–H groups in total. The summed E-state index contributed by atoms with van der Waals surface area (Å²) >= 11 is 0. The standard InChI is InChI=1S/C21H25FN2O4S/c1-2-28-19-9-7-18(8-10-19)23-21(25)16-11-13-24(14-12-16)29(26,27)15-17-5-3-4-6-20(17)22/h3-10,16H,2,11-15H2,1H3,(H,23,25). The van der Waals surface area contributed by atoms with Gasteiger partial charge in [-0.15, -0.1) is 0 Å². The van der Waals surface area contributed by atoms with Crippen LogP contribution in [0.3, 0.4) is 0 Å². The maximum atomic E-state index is 13.8. The summed E-state index contributed by atoms with van der Waals surface area (Å²) in [6, 6.07) is 13.0. The summed E-state index contributed by atoms with van der Waals surface area (Å²) in [6.07, 6.45) is 0.860. The van der Waals surface area contributed by atoms with E-state index < -0.39 is 15.8 Å². The molecule has 0 atom stereocenters. The third-order valence-electron chi connectivity index (χ3n) is 4.95. The Balaban J connectivity index is 1.54. The highest BCUT2D eigenvalue weighted by atomic mass is 32.2. The zero-order valence-electron chi connectivity index (χ0n) is 16.3. The number of sulfonamides is 1. The monoisotopic (exact) mass is 420 g/mol. The van der Waals surface area contributed by atoms with Crippen molar-refractivity contribution in [1.29, 1.82) is 0 Å². The molecular formula is C21H25FN2O4S. The van der Waals surface area contributed by atoms with Gasteiger partial charge >= 0.3 is 0 Å². The Morgan fingerprint density at radius 3 is 2.41 bits per heavy atom. The number of rotatable bonds is 7. The van der Waals surface area contributed by atoms with Gasteiger partial charge in [0, 0.05) is 30.3 Å². The number of amides is 1. The Kier molecular flexibility index (Phi) is 6.87. The minimum absolute atomic E-state index is 0.125. The fourth-order valence-electron chi connectivity index (χ4n) is 3.34. The third-order valence-corrected chi connectivity index (χ3v) is 6.77. The maximum Gasteiger partial charge on any atom is 0.227 e. The fraction of sp³-hybridized carbons (Fsp3) is 0.381. The van der Waals surface area contributed by atoms with Crippen molar-refractivity contribution in [2.45, 2.75) is 25.5 Å². The van der Waals surface area contributed by atoms with Crippen molar-refractivity contribution in [3.8, 4) is 5.75 Å². The number of benzene rings is 2. The number of anilines is 1. The predicted molar refractivity (Wildman–Crippen MR) is 110 cm³/mol. The Labute approximate surface area is 170 Å². The Morgan fingerprint density at radius 2 is 1.79 bits per heavy atom. The van der Waals surface area contributed by atoms with Crippen LogP contribution in [0.1, 0.15) is 25.3 Å². The number of carbonyl (C=O) groups is 1. The average molecular weight is 421 g/mol. The molecule has 2 aromatic carbocycles. The first-order valence-electron chi connectivity index (χ1n) is 9.64. The number of nitrogens with one attached hydrogen (secondary N) is 1. The molecule has 0 bridgehead atoms. The molecule has 1 aliphatic heterocycles. The minimum Gasteiger partial charge on any atom is -0.494 e. The molecule has 0 spiro atoms. The Morgan fingerprint density at radius 1 is 1.14 bits per heavy atom. The fourth-order valence-corrected chi connectivity index (χ4v) is 4.92. The second-order valence-corrected chi connectivity index (χ2v) is 8.94. The van der Waals surface area contributed by atoms with Crippen LogP contribution in [0.2, 0.25) is 0 Å². The van der Waals surface area contributed by atoms with Gasteiger partial charge in [0.05, 0.1) is 12.4 Å². The van der Waals surface area contributed by atoms with E-state index in [-0.39, 0.29) is 36.2 Å². The van der Waals surface area contributed by atoms with Crippen molar-refractivity contribution >= 4 is 21.6 Å². The third kappa shape index (κ3) is 5.55. The van der Waals surface area contributed by atoms with E-state index in [2.05, 4.69) is 5.32 Å². The van der Waals surface area contributed by atoms with Gasteiger partial charge < -0.3 is 10.1 Å². The van der Waals surface area contributed by atoms with Crippen LogP contribution in [0.5, 0.6) is 5.75 Å². The summed E-state index contributed by atoms with van der Waals surface area (Å²) in [6.45, 7) is 2.97. The molecule has 1 aliphatic rings. The van der Waals surface area contributed by atoms with Crippen LogP contribution in [-0.4, -0.2) is 38.3 Å². The lowest BCUT2D eigenvalue weighted by atomic mass is 9.97. The topological polar surface area (TPSA) is 75.7 Å². The van der Waals surface area contributed by atoms with Crippen molar-refractivity contribution in [3.05, 3.63) is 59.9 Å². The first-order chi connectivity index (χ1) is 13.9. The van der Waals surface area contributed by atoms with Crippen LogP contribution in [0, 0.1) is 11.7 Å². The number of hydrogen-bond donors (Lipinski definition) is 1. The van der Waals surface area contributed by atoms with Crippen molar-refractivity contribution < 1.29 is 22.3 Å². The molecule has 3 rings (SSSR count). The van der Waals surface area contributed by atoms with E-state index >= 15 is 0 Å². The molecule has 6 nitrogen and oxygen atoms in total. The minimum atomic E-state index is -3.63. The van der Waals surface area contributed by atoms with Crippen LogP contribution >= 0.6 is 0 Å². The van der Waals surface area contributed by atoms with E-state index in [1.807, 2.05) is 6.92 Å². The van der Waals surface area contributed by atoms with Crippen LogP contribution in [-0.2, 0) is 20.6 Å². The molecule has 8 heteroatoms. The quantitative estimate of drug-likeness (QED) is 0.745. The van der Waals surface area contributed by atoms with E-state index in [4.69, 9.17) is 4.74 Å². The van der Waals surface area contributed by atoms with Gasteiger partial charge in [0.15, 0.2) is 0 Å². The van der Waals surface area contributed by atoms with Crippen LogP contribution in [0.4, 0.5) is 10.1 Å². The van der Waals surface area contributed by atoms with Gasteiger partial charge in [0.25, 0.3) is 0 Å². The summed E-state index contributed by atoms with van der Waals surface area (Å²) in [5, 5.41) is 2.87. The molecular weight excluding hydrogens is 395 g/mol. The lowest BCUT2D eigenvalue weighted by Crippen LogP contribution is -2.42. The van der Waals surface area contributed by atoms with Gasteiger partial charge in [-0.05, 0) is 50.1 Å². The molecule has 1 saturated heterocycles. The Hall–Kier alpha value is -2.45. The molecule has 156 valence electrons. The van der Waals surface area contributed by atoms with Gasteiger partial charge in [-0.25, -0.2) is 17.1 Å². The lowest BCUT2D eigenvalue weighted by Gasteiger charge is -2.30. The van der Waals surface area contributed by atoms with Gasteiger partial charge in [0.2, 0.25) is 15.9 Å². The molecule has 1 heterocycles. The molecule has 0 saturated carbocycles. The molecule has 0 aromatic heterocycles. The molecule has 0 unspecified atom stereocenters. The molecule has 29 heavy (non-hydrogen) atoms. The molecule has 0 radical (unpaired) electrons. The molecule has 2 aromatic rings. The van der Waals surface area contributed by atoms with Gasteiger partial charge in [-0.1, -0.05) is 18.2 Å². The highest BCUT2D eigenvalue weighted by Crippen LogP contribution is 2.24. The molecule has 1 amide bonds. The van der Waals surface area contributed by atoms with Gasteiger partial charge in [0.1, 0.15) is 11.6 Å². The van der Waals surface area contributed by atoms with Crippen molar-refractivity contribution in [1.82, 2.24) is 4.31 Å². The summed E-state index contributed by atoms with van der Waals surface area (Å²) in [4.78, 5) is 12.5. The normalized spacial score (nSPS) is 15.8. The maximum absolute atomic E-state index is 13.8. The summed E-state index contributed by atoms with van der Waals surface area (Å²) < 4.78 is 45.7. The van der Waals surface area contributed by atoms with E-state index in [9.17, 15) is 17.6 Å². The van der Waals surface area contributed by atoms with Crippen molar-refractivity contribution in [3.63, 3.8) is 0 Å². The van der Waals surface area contributed by atoms with Crippen molar-refractivity contribution in [2.24, 2.45) is 5.92 Å². The van der Waals surface area contributed by atoms with E-state index in [0.717, 1.165) is 5.75 Å². The summed E-state index contributed by atoms with van der Waals surface area (Å²) in [5.41, 5.74) is 0.830. The highest BCUT2D eigenvalue weighted by molar-refractivity contribution is 7.88. The van der Waals surface area contributed by atoms with E-state index in [1.165, 1.54) is 22.5 Å². The number of halogens is 1. The number of piperidine rings is 1. The largest absolute Gasteiger partial charge is 0.494 e. The van der Waals surface area contributed by atoms with Crippen LogP contribution < -0.4 is 10.1 Å². The zero-order valence-corrected chi connectivity index (χ0v) is 17.1. The predicted octanol–water partition coefficient (Wildman–Crippen LogP) is 3.40. The first-order valence-corrected chi connectivity index (χ1v) is 11.2. The smallest absolute Gasteiger partial charge is 0.227 e. The first kappa shape index (κ1) is 21.3. The lowest BCUT2D eigenvalue weighted by molar-refractivity contribution is -0.120. The van der Waals surface area contributed by atoms with Crippen molar-refractivity contribution in [2.75, 3.05) is 25.0 Å². The number of nitrogens with zero attached hydrogens (tertiary/aromatic N) is 1. The average Bonchev–Trinajstić information content (AvgIpc) is 2.71. The van der Waals surface area contributed by atoms with Crippen LogP contribution in [0.15, 0.2) is 48.5 Å². The summed E-state index contributed by atoms with van der Waals surface area (Å²) in [7, 11) is -3.63. The van der Waals surface area contributed by atoms with Gasteiger partial charge in [-0.3, -0.25) is 4.79 Å². The second kappa shape index (κ2) is 9.37. The number of ether oxygens (including phenoxy) is 1. The van der Waals surface area contributed by atoms with Gasteiger partial charge in [-0.2, -0.15) is 0 Å². The van der Waals surface area contributed by atoms with E-state index in [0.29, 0.717) is 25.1 Å². The summed E-state index contributed by atoms with van der Waals surface area (Å²) in [5.74, 6) is -0.552. The second-order valence-electron chi connectivity index (χ2n) is 6.97. The Bertz CT molecular complexity index is 939. The SMILES string of the molecule is CCOc1ccc(NC(=O)C2CCN(S(=O)(=O)Cc3ccccc3F)CC2)cc1. The van der Waals surface area contributed by atoms with E-state index in [1.54, 1.807) is 30.3 Å². The molecule has 0 aliphatic carbocycles. The molecule has 1 fully saturated rings. The zero-order chi connectivity index (χ0) is 20.9. The highest BCUT2D eigenvalue weighted by Gasteiger charge is 2.31. The number of hydrogen-bond acceptors (Lipinski definition) is 4. The van der Waals surface area contributed by atoms with Crippen LogP contribution in [0.25, 0.3) is 0 Å².